The number of esters is 1. The third-order valence-electron chi connectivity index (χ3n) is 3.33. The van der Waals surface area contributed by atoms with Crippen molar-refractivity contribution in [2.75, 3.05) is 13.7 Å². The Labute approximate surface area is 151 Å². The second kappa shape index (κ2) is 6.78. The fourth-order valence-electron chi connectivity index (χ4n) is 2.33. The highest BCUT2D eigenvalue weighted by Crippen LogP contribution is 2.30. The van der Waals surface area contributed by atoms with Crippen molar-refractivity contribution in [2.24, 2.45) is 0 Å². The molecule has 24 heavy (non-hydrogen) atoms. The minimum atomic E-state index is -0.477. The molecular formula is C16H13BrClN3O3. The van der Waals surface area contributed by atoms with Crippen LogP contribution in [0.5, 0.6) is 5.88 Å². The summed E-state index contributed by atoms with van der Waals surface area (Å²) in [5, 5.41) is 0.599. The van der Waals surface area contributed by atoms with Crippen LogP contribution in [-0.4, -0.2) is 34.1 Å². The fourth-order valence-corrected chi connectivity index (χ4v) is 2.82. The largest absolute Gasteiger partial charge is 0.478 e. The third kappa shape index (κ3) is 2.97. The van der Waals surface area contributed by atoms with Gasteiger partial charge in [-0.05, 0) is 35.0 Å². The van der Waals surface area contributed by atoms with Gasteiger partial charge < -0.3 is 9.47 Å². The van der Waals surface area contributed by atoms with Crippen molar-refractivity contribution in [1.29, 1.82) is 0 Å². The maximum absolute atomic E-state index is 12.5. The summed E-state index contributed by atoms with van der Waals surface area (Å²) >= 11 is 9.26. The van der Waals surface area contributed by atoms with Crippen molar-refractivity contribution >= 4 is 39.1 Å². The highest BCUT2D eigenvalue weighted by molar-refractivity contribution is 9.10. The number of benzene rings is 1. The van der Waals surface area contributed by atoms with Gasteiger partial charge >= 0.3 is 5.97 Å². The zero-order valence-corrected chi connectivity index (χ0v) is 15.3. The predicted octanol–water partition coefficient (Wildman–Crippen LogP) is 4.00. The van der Waals surface area contributed by atoms with E-state index in [1.165, 1.54) is 7.11 Å². The molecule has 8 heteroatoms. The Bertz CT molecular complexity index is 909. The smallest absolute Gasteiger partial charge is 0.357 e. The highest BCUT2D eigenvalue weighted by Gasteiger charge is 2.24. The molecule has 124 valence electrons. The molecule has 3 aromatic rings. The second-order valence-corrected chi connectivity index (χ2v) is 6.05. The van der Waals surface area contributed by atoms with Gasteiger partial charge in [-0.3, -0.25) is 4.40 Å². The minimum absolute atomic E-state index is 0.259. The molecule has 2 aromatic heterocycles. The maximum Gasteiger partial charge on any atom is 0.357 e. The van der Waals surface area contributed by atoms with E-state index in [2.05, 4.69) is 25.9 Å². The van der Waals surface area contributed by atoms with E-state index in [0.717, 1.165) is 5.56 Å². The summed E-state index contributed by atoms with van der Waals surface area (Å²) in [5.74, 6) is -0.176. The Morgan fingerprint density at radius 1 is 1.29 bits per heavy atom. The quantitative estimate of drug-likeness (QED) is 0.608. The van der Waals surface area contributed by atoms with E-state index in [-0.39, 0.29) is 6.61 Å². The number of nitrogens with zero attached hydrogens (tertiary/aromatic N) is 3. The van der Waals surface area contributed by atoms with Gasteiger partial charge in [0.1, 0.15) is 10.3 Å². The van der Waals surface area contributed by atoms with Gasteiger partial charge in [-0.25, -0.2) is 14.8 Å². The molecule has 0 unspecified atom stereocenters. The molecule has 0 amide bonds. The number of carbonyl (C=O) groups excluding carboxylic acids is 1. The Morgan fingerprint density at radius 2 is 2.00 bits per heavy atom. The Kier molecular flexibility index (Phi) is 4.73. The van der Waals surface area contributed by atoms with Crippen LogP contribution in [-0.2, 0) is 4.74 Å². The molecule has 0 saturated carbocycles. The van der Waals surface area contributed by atoms with E-state index in [9.17, 15) is 4.79 Å². The molecule has 1 aromatic carbocycles. The first-order chi connectivity index (χ1) is 11.5. The summed E-state index contributed by atoms with van der Waals surface area (Å²) in [7, 11) is 1.50. The zero-order chi connectivity index (χ0) is 17.3. The van der Waals surface area contributed by atoms with Crippen LogP contribution >= 0.6 is 27.5 Å². The van der Waals surface area contributed by atoms with Crippen LogP contribution in [0.25, 0.3) is 16.9 Å². The van der Waals surface area contributed by atoms with Gasteiger partial charge in [0, 0.05) is 16.8 Å². The summed E-state index contributed by atoms with van der Waals surface area (Å²) in [6.45, 7) is 2.01. The number of carbonyl (C=O) groups is 1. The van der Waals surface area contributed by atoms with Crippen LogP contribution in [0.2, 0.25) is 5.02 Å². The number of fused-ring (bicyclic) bond motifs is 1. The number of hydrogen-bond acceptors (Lipinski definition) is 5. The molecule has 0 radical (unpaired) electrons. The lowest BCUT2D eigenvalue weighted by atomic mass is 10.1. The van der Waals surface area contributed by atoms with Crippen molar-refractivity contribution < 1.29 is 14.3 Å². The number of halogens is 2. The van der Waals surface area contributed by atoms with Gasteiger partial charge in [0.2, 0.25) is 5.65 Å². The predicted molar refractivity (Wildman–Crippen MR) is 93.6 cm³/mol. The van der Waals surface area contributed by atoms with Gasteiger partial charge in [0.05, 0.1) is 13.7 Å². The molecule has 0 N–H and O–H groups in total. The fraction of sp³-hybridized carbons (Fsp3) is 0.188. The van der Waals surface area contributed by atoms with Gasteiger partial charge in [0.15, 0.2) is 5.69 Å². The van der Waals surface area contributed by atoms with Crippen LogP contribution in [0.4, 0.5) is 0 Å². The molecule has 0 fully saturated rings. The number of rotatable bonds is 4. The maximum atomic E-state index is 12.5. The second-order valence-electron chi connectivity index (χ2n) is 4.80. The van der Waals surface area contributed by atoms with Gasteiger partial charge in [-0.15, -0.1) is 0 Å². The molecule has 0 aliphatic carbocycles. The van der Waals surface area contributed by atoms with Crippen molar-refractivity contribution in [3.05, 3.63) is 45.8 Å². The number of ether oxygens (including phenoxy) is 2. The monoisotopic (exact) mass is 409 g/mol. The molecule has 0 spiro atoms. The average molecular weight is 411 g/mol. The average Bonchev–Trinajstić information content (AvgIpc) is 2.94. The number of hydrogen-bond donors (Lipinski definition) is 0. The van der Waals surface area contributed by atoms with E-state index < -0.39 is 5.97 Å². The van der Waals surface area contributed by atoms with E-state index in [1.807, 2.05) is 0 Å². The van der Waals surface area contributed by atoms with Gasteiger partial charge in [0.25, 0.3) is 5.88 Å². The topological polar surface area (TPSA) is 65.7 Å². The first kappa shape index (κ1) is 16.7. The Hall–Kier alpha value is -2.12. The van der Waals surface area contributed by atoms with Crippen molar-refractivity contribution in [1.82, 2.24) is 14.4 Å². The first-order valence-corrected chi connectivity index (χ1v) is 8.28. The SMILES string of the molecule is CCOC(=O)c1c(-c2ccc(Cl)cc2)nc2c(OC)nc(Br)cn12. The van der Waals surface area contributed by atoms with E-state index >= 15 is 0 Å². The molecule has 6 nitrogen and oxygen atoms in total. The molecule has 0 bridgehead atoms. The van der Waals surface area contributed by atoms with Crippen LogP contribution in [0, 0.1) is 0 Å². The lowest BCUT2D eigenvalue weighted by molar-refractivity contribution is 0.0519. The van der Waals surface area contributed by atoms with E-state index in [1.54, 1.807) is 41.8 Å². The summed E-state index contributed by atoms with van der Waals surface area (Å²) < 4.78 is 12.6. The van der Waals surface area contributed by atoms with Crippen LogP contribution in [0.15, 0.2) is 35.1 Å². The summed E-state index contributed by atoms with van der Waals surface area (Å²) in [5.41, 5.74) is 1.94. The van der Waals surface area contributed by atoms with E-state index in [4.69, 9.17) is 21.1 Å². The molecule has 0 aliphatic heterocycles. The molecular weight excluding hydrogens is 398 g/mol. The van der Waals surface area contributed by atoms with Crippen molar-refractivity contribution in [3.63, 3.8) is 0 Å². The van der Waals surface area contributed by atoms with Crippen molar-refractivity contribution in [2.45, 2.75) is 6.92 Å². The highest BCUT2D eigenvalue weighted by atomic mass is 79.9. The summed E-state index contributed by atoms with van der Waals surface area (Å²) in [4.78, 5) is 21.3. The van der Waals surface area contributed by atoms with E-state index in [0.29, 0.717) is 32.5 Å². The molecule has 2 heterocycles. The van der Waals surface area contributed by atoms with Crippen LogP contribution in [0.3, 0.4) is 0 Å². The zero-order valence-electron chi connectivity index (χ0n) is 12.9. The third-order valence-corrected chi connectivity index (χ3v) is 3.96. The van der Waals surface area contributed by atoms with Crippen molar-refractivity contribution in [3.8, 4) is 17.1 Å². The molecule has 0 atom stereocenters. The van der Waals surface area contributed by atoms with Gasteiger partial charge in [-0.1, -0.05) is 23.7 Å². The summed E-state index contributed by atoms with van der Waals surface area (Å²) in [6, 6.07) is 7.06. The molecule has 0 aliphatic rings. The lowest BCUT2D eigenvalue weighted by Crippen LogP contribution is -2.10. The summed E-state index contributed by atoms with van der Waals surface area (Å²) in [6.07, 6.45) is 1.65. The number of aromatic nitrogens is 3. The normalized spacial score (nSPS) is 10.8. The Morgan fingerprint density at radius 3 is 2.62 bits per heavy atom. The van der Waals surface area contributed by atoms with Gasteiger partial charge in [-0.2, -0.15) is 0 Å². The Balaban J connectivity index is 2.32. The standard InChI is InChI=1S/C16H13BrClN3O3/c1-3-24-16(22)13-12(9-4-6-10(18)7-5-9)20-14-15(23-2)19-11(17)8-21(13)14/h4-8H,3H2,1-2H3. The number of imidazole rings is 1. The molecule has 3 rings (SSSR count). The molecule has 0 saturated heterocycles. The minimum Gasteiger partial charge on any atom is -0.478 e. The lowest BCUT2D eigenvalue weighted by Gasteiger charge is -2.06. The van der Waals surface area contributed by atoms with Crippen LogP contribution in [0.1, 0.15) is 17.4 Å². The number of methoxy groups -OCH3 is 1. The first-order valence-electron chi connectivity index (χ1n) is 7.10. The van der Waals surface area contributed by atoms with Crippen LogP contribution < -0.4 is 4.74 Å².